The molecular formula is C27H32N2O3. The fourth-order valence-electron chi connectivity index (χ4n) is 7.10. The molecule has 0 aliphatic heterocycles. The van der Waals surface area contributed by atoms with Crippen LogP contribution in [-0.4, -0.2) is 24.6 Å². The van der Waals surface area contributed by atoms with Crippen LogP contribution in [0.15, 0.2) is 54.6 Å². The average molecular weight is 433 g/mol. The van der Waals surface area contributed by atoms with Crippen molar-refractivity contribution in [2.45, 2.75) is 62.4 Å². The summed E-state index contributed by atoms with van der Waals surface area (Å²) in [5.74, 6) is 0.819. The van der Waals surface area contributed by atoms with Crippen molar-refractivity contribution in [2.75, 3.05) is 7.11 Å². The molecule has 6 rings (SSSR count). The number of carbonyl (C=O) groups excluding carboxylic acids is 2. The molecule has 2 aromatic carbocycles. The van der Waals surface area contributed by atoms with Crippen LogP contribution in [0.5, 0.6) is 0 Å². The predicted octanol–water partition coefficient (Wildman–Crippen LogP) is 4.80. The zero-order valence-corrected chi connectivity index (χ0v) is 18.9. The third-order valence-corrected chi connectivity index (χ3v) is 7.95. The summed E-state index contributed by atoms with van der Waals surface area (Å²) < 4.78 is 4.96. The van der Waals surface area contributed by atoms with Gasteiger partial charge >= 0.3 is 12.0 Å². The van der Waals surface area contributed by atoms with Crippen molar-refractivity contribution in [3.63, 3.8) is 0 Å². The van der Waals surface area contributed by atoms with Gasteiger partial charge in [0.25, 0.3) is 0 Å². The first-order valence-electron chi connectivity index (χ1n) is 11.7. The summed E-state index contributed by atoms with van der Waals surface area (Å²) in [5, 5.41) is 6.25. The molecule has 0 saturated heterocycles. The lowest BCUT2D eigenvalue weighted by atomic mass is 9.45. The minimum Gasteiger partial charge on any atom is -0.467 e. The lowest BCUT2D eigenvalue weighted by Crippen LogP contribution is -2.65. The second-order valence-corrected chi connectivity index (χ2v) is 10.4. The molecule has 2 amide bonds. The minimum atomic E-state index is -0.818. The lowest BCUT2D eigenvalue weighted by molar-refractivity contribution is -0.143. The van der Waals surface area contributed by atoms with E-state index in [1.807, 2.05) is 30.3 Å². The fraction of sp³-hybridized carbons (Fsp3) is 0.481. The zero-order chi connectivity index (χ0) is 22.3. The maximum absolute atomic E-state index is 13.2. The maximum atomic E-state index is 13.2. The highest BCUT2D eigenvalue weighted by Gasteiger charge is 2.58. The molecule has 2 N–H and O–H groups in total. The van der Waals surface area contributed by atoms with Crippen LogP contribution in [0, 0.1) is 18.8 Å². The second kappa shape index (κ2) is 7.95. The van der Waals surface area contributed by atoms with Gasteiger partial charge in [0.2, 0.25) is 0 Å². The van der Waals surface area contributed by atoms with E-state index in [-0.39, 0.29) is 17.0 Å². The molecule has 0 radical (unpaired) electrons. The normalized spacial score (nSPS) is 31.1. The Bertz CT molecular complexity index is 987. The number of nitrogens with one attached hydrogen (secondary N) is 2. The molecule has 4 aliphatic rings. The Balaban J connectivity index is 1.37. The largest absolute Gasteiger partial charge is 0.467 e. The monoisotopic (exact) mass is 432 g/mol. The third-order valence-electron chi connectivity index (χ3n) is 7.95. The summed E-state index contributed by atoms with van der Waals surface area (Å²) in [6, 6.07) is 17.2. The number of methoxy groups -OCH3 is 1. The van der Waals surface area contributed by atoms with E-state index in [2.05, 4.69) is 41.8 Å². The van der Waals surface area contributed by atoms with E-state index in [1.54, 1.807) is 0 Å². The van der Waals surface area contributed by atoms with Crippen molar-refractivity contribution in [3.8, 4) is 0 Å². The molecule has 4 bridgehead atoms. The Morgan fingerprint density at radius 3 is 2.25 bits per heavy atom. The van der Waals surface area contributed by atoms with Gasteiger partial charge in [0, 0.05) is 5.54 Å². The Labute approximate surface area is 189 Å². The highest BCUT2D eigenvalue weighted by molar-refractivity contribution is 5.85. The highest BCUT2D eigenvalue weighted by atomic mass is 16.5. The molecule has 168 valence electrons. The molecule has 4 aliphatic carbocycles. The molecule has 5 heteroatoms. The number of aryl methyl sites for hydroxylation is 1. The number of hydrogen-bond acceptors (Lipinski definition) is 3. The van der Waals surface area contributed by atoms with Gasteiger partial charge in [-0.3, -0.25) is 0 Å². The van der Waals surface area contributed by atoms with Gasteiger partial charge in [-0.1, -0.05) is 60.2 Å². The van der Waals surface area contributed by atoms with Crippen LogP contribution < -0.4 is 10.6 Å². The van der Waals surface area contributed by atoms with Crippen LogP contribution >= 0.6 is 0 Å². The lowest BCUT2D eigenvalue weighted by Gasteiger charge is -2.62. The highest BCUT2D eigenvalue weighted by Crippen LogP contribution is 2.62. The van der Waals surface area contributed by atoms with Gasteiger partial charge in [0.05, 0.1) is 7.11 Å². The summed E-state index contributed by atoms with van der Waals surface area (Å²) in [5.41, 5.74) is 3.35. The van der Waals surface area contributed by atoms with E-state index < -0.39 is 12.0 Å². The first-order valence-corrected chi connectivity index (χ1v) is 11.7. The number of benzene rings is 2. The number of esters is 1. The van der Waals surface area contributed by atoms with E-state index in [0.717, 1.165) is 24.8 Å². The van der Waals surface area contributed by atoms with Crippen molar-refractivity contribution in [2.24, 2.45) is 11.8 Å². The van der Waals surface area contributed by atoms with Crippen LogP contribution in [0.1, 0.15) is 61.3 Å². The molecule has 4 fully saturated rings. The van der Waals surface area contributed by atoms with Gasteiger partial charge in [-0.15, -0.1) is 0 Å². The van der Waals surface area contributed by atoms with E-state index in [0.29, 0.717) is 11.8 Å². The fourth-order valence-corrected chi connectivity index (χ4v) is 7.10. The summed E-state index contributed by atoms with van der Waals surface area (Å²) >= 11 is 0. The smallest absolute Gasteiger partial charge is 0.333 e. The van der Waals surface area contributed by atoms with Gasteiger partial charge in [0.15, 0.2) is 6.04 Å². The standard InChI is InChI=1S/C27H32N2O3/c1-18-8-10-22(11-9-18)26-13-19-12-20(14-26)16-27(15-19,17-26)29-25(31)28-23(24(30)32-2)21-6-4-3-5-7-21/h3-11,19-20,23H,12-17H2,1-2H3,(H2,28,29,31)/t19-,20+,23-,26?,27?/m1/s1. The van der Waals surface area contributed by atoms with Gasteiger partial charge in [-0.05, 0) is 73.8 Å². The molecule has 0 heterocycles. The van der Waals surface area contributed by atoms with Crippen molar-refractivity contribution < 1.29 is 14.3 Å². The van der Waals surface area contributed by atoms with Crippen LogP contribution in [0.2, 0.25) is 0 Å². The van der Waals surface area contributed by atoms with Crippen molar-refractivity contribution in [1.82, 2.24) is 10.6 Å². The molecule has 2 aromatic rings. The zero-order valence-electron chi connectivity index (χ0n) is 18.9. The summed E-state index contributed by atoms with van der Waals surface area (Å²) in [6.07, 6.45) is 6.72. The third kappa shape index (κ3) is 3.78. The van der Waals surface area contributed by atoms with Crippen LogP contribution in [-0.2, 0) is 14.9 Å². The Morgan fingerprint density at radius 2 is 1.62 bits per heavy atom. The molecule has 2 unspecified atom stereocenters. The first-order chi connectivity index (χ1) is 15.4. The van der Waals surface area contributed by atoms with Crippen LogP contribution in [0.3, 0.4) is 0 Å². The van der Waals surface area contributed by atoms with E-state index in [4.69, 9.17) is 4.74 Å². The Kier molecular flexibility index (Phi) is 5.23. The number of rotatable bonds is 5. The van der Waals surface area contributed by atoms with Crippen molar-refractivity contribution in [3.05, 3.63) is 71.3 Å². The van der Waals surface area contributed by atoms with Crippen molar-refractivity contribution in [1.29, 1.82) is 0 Å². The number of hydrogen-bond donors (Lipinski definition) is 2. The molecule has 4 saturated carbocycles. The first kappa shape index (κ1) is 21.0. The van der Waals surface area contributed by atoms with E-state index in [9.17, 15) is 9.59 Å². The molecular weight excluding hydrogens is 400 g/mol. The Hall–Kier alpha value is -2.82. The quantitative estimate of drug-likeness (QED) is 0.667. The van der Waals surface area contributed by atoms with Gasteiger partial charge in [-0.2, -0.15) is 0 Å². The molecule has 32 heavy (non-hydrogen) atoms. The van der Waals surface area contributed by atoms with E-state index >= 15 is 0 Å². The van der Waals surface area contributed by atoms with E-state index in [1.165, 1.54) is 37.5 Å². The number of amides is 2. The number of urea groups is 1. The predicted molar refractivity (Wildman–Crippen MR) is 123 cm³/mol. The van der Waals surface area contributed by atoms with Gasteiger partial charge < -0.3 is 15.4 Å². The van der Waals surface area contributed by atoms with Gasteiger partial charge in [0.1, 0.15) is 0 Å². The summed E-state index contributed by atoms with van der Waals surface area (Å²) in [4.78, 5) is 25.6. The number of carbonyl (C=O) groups is 2. The topological polar surface area (TPSA) is 67.4 Å². The molecule has 0 aromatic heterocycles. The SMILES string of the molecule is COC(=O)[C@H](NC(=O)NC12C[C@H]3C[C@@H](C1)CC(c1ccc(C)cc1)(C3)C2)c1ccccc1. The maximum Gasteiger partial charge on any atom is 0.333 e. The van der Waals surface area contributed by atoms with Crippen LogP contribution in [0.4, 0.5) is 4.79 Å². The minimum absolute atomic E-state index is 0.145. The van der Waals surface area contributed by atoms with Crippen molar-refractivity contribution >= 4 is 12.0 Å². The Morgan fingerprint density at radius 1 is 0.969 bits per heavy atom. The summed E-state index contributed by atoms with van der Waals surface area (Å²) in [7, 11) is 1.35. The molecule has 5 nitrogen and oxygen atoms in total. The summed E-state index contributed by atoms with van der Waals surface area (Å²) in [6.45, 7) is 2.13. The average Bonchev–Trinajstić information content (AvgIpc) is 2.76. The van der Waals surface area contributed by atoms with Gasteiger partial charge in [-0.25, -0.2) is 9.59 Å². The second-order valence-electron chi connectivity index (χ2n) is 10.4. The van der Waals surface area contributed by atoms with Crippen LogP contribution in [0.25, 0.3) is 0 Å². The molecule has 5 atom stereocenters. The number of ether oxygens (including phenoxy) is 1. The molecule has 0 spiro atoms.